The summed E-state index contributed by atoms with van der Waals surface area (Å²) in [6.07, 6.45) is -0.507. The third-order valence-corrected chi connectivity index (χ3v) is 5.13. The molecule has 1 fully saturated rings. The average Bonchev–Trinajstić information content (AvgIpc) is 2.95. The Balaban J connectivity index is 1.70. The maximum atomic E-state index is 12.9. The minimum Gasteiger partial charge on any atom is -0.357 e. The van der Waals surface area contributed by atoms with Gasteiger partial charge in [-0.1, -0.05) is 38.5 Å². The van der Waals surface area contributed by atoms with Crippen molar-refractivity contribution in [2.75, 3.05) is 5.32 Å². The highest BCUT2D eigenvalue weighted by Gasteiger charge is 2.42. The topological polar surface area (TPSA) is 42.2 Å². The lowest BCUT2D eigenvalue weighted by Gasteiger charge is -2.30. The summed E-state index contributed by atoms with van der Waals surface area (Å²) in [7, 11) is 0. The van der Waals surface area contributed by atoms with Crippen LogP contribution < -0.4 is 5.32 Å². The van der Waals surface area contributed by atoms with Gasteiger partial charge in [-0.2, -0.15) is 13.2 Å². The van der Waals surface area contributed by atoms with Gasteiger partial charge >= 0.3 is 6.18 Å². The molecule has 0 amide bonds. The van der Waals surface area contributed by atoms with Gasteiger partial charge in [0.25, 0.3) is 0 Å². The predicted molar refractivity (Wildman–Crippen MR) is 85.0 cm³/mol. The van der Waals surface area contributed by atoms with Crippen molar-refractivity contribution in [3.8, 4) is 0 Å². The standard InChI is InChI=1S/C15H21F3N4S/c1-14(2,3)11-8-22-13(20-11)23-12(21-22)19-10-6-4-5-9(7-10)15(16,17)18/h8-10H,4-7H2,1-3H3,(H,19,21)/t9-,10+/m1/s1. The number of alkyl halides is 3. The van der Waals surface area contributed by atoms with Crippen LogP contribution in [0.3, 0.4) is 0 Å². The minimum absolute atomic E-state index is 0.0513. The van der Waals surface area contributed by atoms with E-state index >= 15 is 0 Å². The molecule has 3 rings (SSSR count). The molecule has 23 heavy (non-hydrogen) atoms. The van der Waals surface area contributed by atoms with E-state index in [9.17, 15) is 13.2 Å². The summed E-state index contributed by atoms with van der Waals surface area (Å²) in [6.45, 7) is 6.24. The van der Waals surface area contributed by atoms with Crippen LogP contribution in [-0.4, -0.2) is 26.8 Å². The van der Waals surface area contributed by atoms with Gasteiger partial charge in [0.15, 0.2) is 0 Å². The van der Waals surface area contributed by atoms with Gasteiger partial charge in [0, 0.05) is 11.5 Å². The van der Waals surface area contributed by atoms with E-state index < -0.39 is 12.1 Å². The zero-order valence-electron chi connectivity index (χ0n) is 13.4. The number of hydrogen-bond donors (Lipinski definition) is 1. The van der Waals surface area contributed by atoms with E-state index in [1.54, 1.807) is 4.52 Å². The molecule has 0 radical (unpaired) electrons. The molecule has 0 aliphatic heterocycles. The zero-order valence-corrected chi connectivity index (χ0v) is 14.3. The third-order valence-electron chi connectivity index (χ3n) is 4.28. The van der Waals surface area contributed by atoms with Gasteiger partial charge in [-0.3, -0.25) is 0 Å². The van der Waals surface area contributed by atoms with Crippen LogP contribution in [0.4, 0.5) is 18.3 Å². The highest BCUT2D eigenvalue weighted by molar-refractivity contribution is 7.20. The summed E-state index contributed by atoms with van der Waals surface area (Å²) < 4.78 is 40.3. The molecule has 2 aromatic rings. The third kappa shape index (κ3) is 3.62. The first-order valence-electron chi connectivity index (χ1n) is 7.83. The first-order chi connectivity index (χ1) is 10.6. The fraction of sp³-hybridized carbons (Fsp3) is 0.733. The van der Waals surface area contributed by atoms with Crippen molar-refractivity contribution in [1.29, 1.82) is 0 Å². The van der Waals surface area contributed by atoms with Crippen LogP contribution in [0.1, 0.15) is 52.1 Å². The number of imidazole rings is 1. The maximum absolute atomic E-state index is 12.9. The van der Waals surface area contributed by atoms with Gasteiger partial charge in [0.1, 0.15) is 0 Å². The van der Waals surface area contributed by atoms with E-state index in [1.807, 2.05) is 6.20 Å². The Labute approximate surface area is 137 Å². The van der Waals surface area contributed by atoms with E-state index in [2.05, 4.69) is 36.2 Å². The van der Waals surface area contributed by atoms with Gasteiger partial charge in [0.05, 0.1) is 17.8 Å². The predicted octanol–water partition coefficient (Wildman–Crippen LogP) is 4.62. The molecule has 1 N–H and O–H groups in total. The molecule has 2 aromatic heterocycles. The lowest BCUT2D eigenvalue weighted by Crippen LogP contribution is -2.34. The fourth-order valence-electron chi connectivity index (χ4n) is 2.91. The van der Waals surface area contributed by atoms with Crippen LogP contribution in [0, 0.1) is 5.92 Å². The van der Waals surface area contributed by atoms with E-state index in [1.165, 1.54) is 11.3 Å². The highest BCUT2D eigenvalue weighted by Crippen LogP contribution is 2.38. The van der Waals surface area contributed by atoms with Gasteiger partial charge in [-0.15, -0.1) is 5.10 Å². The van der Waals surface area contributed by atoms with E-state index in [-0.39, 0.29) is 24.3 Å². The molecule has 0 spiro atoms. The Morgan fingerprint density at radius 1 is 1.26 bits per heavy atom. The second-order valence-corrected chi connectivity index (χ2v) is 8.21. The molecule has 0 saturated heterocycles. The first kappa shape index (κ1) is 16.5. The number of fused-ring (bicyclic) bond motifs is 1. The summed E-state index contributed by atoms with van der Waals surface area (Å²) in [5.41, 5.74) is 0.905. The van der Waals surface area contributed by atoms with Crippen LogP contribution in [0.15, 0.2) is 6.20 Å². The summed E-state index contributed by atoms with van der Waals surface area (Å²) in [5.74, 6) is -1.20. The highest BCUT2D eigenvalue weighted by atomic mass is 32.1. The summed E-state index contributed by atoms with van der Waals surface area (Å²) >= 11 is 1.38. The van der Waals surface area contributed by atoms with Crippen LogP contribution in [-0.2, 0) is 5.41 Å². The maximum Gasteiger partial charge on any atom is 0.391 e. The minimum atomic E-state index is -4.10. The molecule has 128 valence electrons. The van der Waals surface area contributed by atoms with Crippen molar-refractivity contribution < 1.29 is 13.2 Å². The van der Waals surface area contributed by atoms with Crippen LogP contribution >= 0.6 is 11.3 Å². The molecule has 2 heterocycles. The van der Waals surface area contributed by atoms with E-state index in [0.717, 1.165) is 17.1 Å². The molecule has 2 atom stereocenters. The van der Waals surface area contributed by atoms with Crippen LogP contribution in [0.5, 0.6) is 0 Å². The van der Waals surface area contributed by atoms with Gasteiger partial charge in [0.2, 0.25) is 10.1 Å². The number of anilines is 1. The van der Waals surface area contributed by atoms with E-state index in [4.69, 9.17) is 0 Å². The lowest BCUT2D eigenvalue weighted by molar-refractivity contribution is -0.182. The quantitative estimate of drug-likeness (QED) is 0.863. The van der Waals surface area contributed by atoms with Crippen LogP contribution in [0.2, 0.25) is 0 Å². The monoisotopic (exact) mass is 346 g/mol. The first-order valence-corrected chi connectivity index (χ1v) is 8.64. The molecular formula is C15H21F3N4S. The SMILES string of the molecule is CC(C)(C)c1cn2nc(N[C@H]3CCC[C@@H](C(F)(F)F)C3)sc2n1. The molecule has 8 heteroatoms. The summed E-state index contributed by atoms with van der Waals surface area (Å²) in [6, 6.07) is -0.173. The number of rotatable bonds is 2. The Morgan fingerprint density at radius 2 is 2.00 bits per heavy atom. The molecule has 0 aromatic carbocycles. The Morgan fingerprint density at radius 3 is 2.61 bits per heavy atom. The van der Waals surface area contributed by atoms with Gasteiger partial charge in [-0.05, 0) is 19.3 Å². The Kier molecular flexibility index (Phi) is 4.06. The number of halogens is 3. The number of aromatic nitrogens is 3. The second-order valence-electron chi connectivity index (χ2n) is 7.26. The van der Waals surface area contributed by atoms with Crippen molar-refractivity contribution in [1.82, 2.24) is 14.6 Å². The molecular weight excluding hydrogens is 325 g/mol. The van der Waals surface area contributed by atoms with Crippen molar-refractivity contribution >= 4 is 21.4 Å². The number of nitrogens with zero attached hydrogens (tertiary/aromatic N) is 3. The number of nitrogens with one attached hydrogen (secondary N) is 1. The largest absolute Gasteiger partial charge is 0.391 e. The summed E-state index contributed by atoms with van der Waals surface area (Å²) in [5, 5.41) is 8.21. The van der Waals surface area contributed by atoms with Crippen molar-refractivity contribution in [2.45, 2.75) is 64.1 Å². The van der Waals surface area contributed by atoms with Crippen molar-refractivity contribution in [2.24, 2.45) is 5.92 Å². The number of hydrogen-bond acceptors (Lipinski definition) is 4. The van der Waals surface area contributed by atoms with Crippen LogP contribution in [0.25, 0.3) is 4.96 Å². The Hall–Kier alpha value is -1.31. The van der Waals surface area contributed by atoms with E-state index in [0.29, 0.717) is 11.6 Å². The average molecular weight is 346 g/mol. The van der Waals surface area contributed by atoms with Crippen molar-refractivity contribution in [3.05, 3.63) is 11.9 Å². The Bertz CT molecular complexity index is 651. The van der Waals surface area contributed by atoms with Gasteiger partial charge in [-0.25, -0.2) is 9.50 Å². The smallest absolute Gasteiger partial charge is 0.357 e. The molecule has 0 bridgehead atoms. The second kappa shape index (κ2) is 5.65. The summed E-state index contributed by atoms with van der Waals surface area (Å²) in [4.78, 5) is 5.32. The molecule has 0 unspecified atom stereocenters. The molecule has 4 nitrogen and oxygen atoms in total. The van der Waals surface area contributed by atoms with Crippen molar-refractivity contribution in [3.63, 3.8) is 0 Å². The van der Waals surface area contributed by atoms with Gasteiger partial charge < -0.3 is 5.32 Å². The fourth-order valence-corrected chi connectivity index (χ4v) is 3.77. The lowest BCUT2D eigenvalue weighted by atomic mass is 9.85. The normalized spacial score (nSPS) is 23.4. The molecule has 1 aliphatic rings. The molecule has 1 saturated carbocycles. The molecule has 1 aliphatic carbocycles. The zero-order chi connectivity index (χ0) is 16.8.